The highest BCUT2D eigenvalue weighted by atomic mass is 35.5. The lowest BCUT2D eigenvalue weighted by molar-refractivity contribution is 0.587. The highest BCUT2D eigenvalue weighted by molar-refractivity contribution is 7.90. The molecular weight excluding hydrogens is 226 g/mol. The van der Waals surface area contributed by atoms with E-state index < -0.39 is 9.84 Å². The van der Waals surface area contributed by atoms with E-state index in [9.17, 15) is 8.42 Å². The lowest BCUT2D eigenvalue weighted by Crippen LogP contribution is -2.14. The molecule has 0 aliphatic heterocycles. The van der Waals surface area contributed by atoms with Gasteiger partial charge in [0, 0.05) is 6.26 Å². The van der Waals surface area contributed by atoms with Crippen LogP contribution in [0.4, 0.5) is 5.82 Å². The van der Waals surface area contributed by atoms with Crippen LogP contribution in [0.3, 0.4) is 0 Å². The molecule has 2 N–H and O–H groups in total. The molecule has 1 aromatic rings. The molecule has 0 aliphatic carbocycles. The highest BCUT2D eigenvalue weighted by Crippen LogP contribution is 2.21. The van der Waals surface area contributed by atoms with Gasteiger partial charge in [-0.3, -0.25) is 0 Å². The van der Waals surface area contributed by atoms with Gasteiger partial charge >= 0.3 is 0 Å². The van der Waals surface area contributed by atoms with E-state index in [1.54, 1.807) is 6.92 Å². The van der Waals surface area contributed by atoms with E-state index in [-0.39, 0.29) is 12.3 Å². The third-order valence-corrected chi connectivity index (χ3v) is 3.16. The molecule has 14 heavy (non-hydrogen) atoms. The van der Waals surface area contributed by atoms with E-state index in [4.69, 9.17) is 17.3 Å². The first kappa shape index (κ1) is 11.3. The summed E-state index contributed by atoms with van der Waals surface area (Å²) in [6.07, 6.45) is 1.17. The maximum atomic E-state index is 10.9. The van der Waals surface area contributed by atoms with Crippen molar-refractivity contribution in [1.29, 1.82) is 0 Å². The van der Waals surface area contributed by atoms with Crippen LogP contribution < -0.4 is 5.73 Å². The average molecular weight is 238 g/mol. The van der Waals surface area contributed by atoms with E-state index in [2.05, 4.69) is 5.10 Å². The van der Waals surface area contributed by atoms with Crippen molar-refractivity contribution in [3.63, 3.8) is 0 Å². The molecule has 0 fully saturated rings. The Kier molecular flexibility index (Phi) is 3.06. The fraction of sp³-hybridized carbons (Fsp3) is 0.571. The minimum atomic E-state index is -3.00. The zero-order chi connectivity index (χ0) is 10.9. The first-order valence-electron chi connectivity index (χ1n) is 3.97. The standard InChI is InChI=1S/C7H12ClN3O2S/c1-5-6(8)7(9)11(10-5)3-4-14(2,12)13/h3-4,9H2,1-2H3. The number of rotatable bonds is 3. The number of nitrogen functional groups attached to an aromatic ring is 1. The topological polar surface area (TPSA) is 78.0 Å². The Bertz CT molecular complexity index is 438. The lowest BCUT2D eigenvalue weighted by Gasteiger charge is -2.01. The van der Waals surface area contributed by atoms with Gasteiger partial charge in [-0.2, -0.15) is 5.10 Å². The molecule has 0 aliphatic rings. The number of nitrogens with zero attached hydrogens (tertiary/aromatic N) is 2. The molecule has 0 amide bonds. The lowest BCUT2D eigenvalue weighted by atomic mass is 10.5. The molecule has 0 saturated heterocycles. The molecule has 0 bridgehead atoms. The normalized spacial score (nSPS) is 11.9. The second kappa shape index (κ2) is 3.78. The van der Waals surface area contributed by atoms with Gasteiger partial charge in [-0.05, 0) is 6.92 Å². The molecule has 0 radical (unpaired) electrons. The van der Waals surface area contributed by atoms with Crippen molar-refractivity contribution in [2.75, 3.05) is 17.7 Å². The van der Waals surface area contributed by atoms with Gasteiger partial charge in [-0.15, -0.1) is 0 Å². The quantitative estimate of drug-likeness (QED) is 0.829. The molecule has 5 nitrogen and oxygen atoms in total. The molecule has 0 aromatic carbocycles. The summed E-state index contributed by atoms with van der Waals surface area (Å²) >= 11 is 5.79. The van der Waals surface area contributed by atoms with Crippen LogP contribution in [-0.2, 0) is 16.4 Å². The highest BCUT2D eigenvalue weighted by Gasteiger charge is 2.11. The third-order valence-electron chi connectivity index (χ3n) is 1.77. The second-order valence-electron chi connectivity index (χ2n) is 3.14. The Balaban J connectivity index is 2.83. The van der Waals surface area contributed by atoms with Crippen LogP contribution in [-0.4, -0.2) is 30.2 Å². The summed E-state index contributed by atoms with van der Waals surface area (Å²) in [5.74, 6) is 0.321. The second-order valence-corrected chi connectivity index (χ2v) is 5.78. The van der Waals surface area contributed by atoms with Crippen molar-refractivity contribution in [3.8, 4) is 0 Å². The summed E-state index contributed by atoms with van der Waals surface area (Å²) in [4.78, 5) is 0. The number of aryl methyl sites for hydroxylation is 2. The van der Waals surface area contributed by atoms with Crippen LogP contribution in [0.2, 0.25) is 5.02 Å². The zero-order valence-corrected chi connectivity index (χ0v) is 9.56. The summed E-state index contributed by atoms with van der Waals surface area (Å²) in [5, 5.41) is 4.40. The van der Waals surface area contributed by atoms with Gasteiger partial charge in [-0.1, -0.05) is 11.6 Å². The predicted molar refractivity (Wildman–Crippen MR) is 56.1 cm³/mol. The van der Waals surface area contributed by atoms with Crippen LogP contribution in [0.1, 0.15) is 5.69 Å². The van der Waals surface area contributed by atoms with Crippen LogP contribution in [0.25, 0.3) is 0 Å². The summed E-state index contributed by atoms with van der Waals surface area (Å²) in [6, 6.07) is 0. The Labute approximate surface area is 87.8 Å². The maximum absolute atomic E-state index is 10.9. The van der Waals surface area contributed by atoms with E-state index in [0.717, 1.165) is 0 Å². The minimum Gasteiger partial charge on any atom is -0.383 e. The van der Waals surface area contributed by atoms with Crippen molar-refractivity contribution in [3.05, 3.63) is 10.7 Å². The predicted octanol–water partition coefficient (Wildman–Crippen LogP) is 0.472. The number of hydrogen-bond donors (Lipinski definition) is 1. The molecule has 80 valence electrons. The van der Waals surface area contributed by atoms with Gasteiger partial charge < -0.3 is 5.73 Å². The first-order chi connectivity index (χ1) is 6.31. The molecule has 1 aromatic heterocycles. The van der Waals surface area contributed by atoms with Gasteiger partial charge in [0.1, 0.15) is 20.7 Å². The number of anilines is 1. The van der Waals surface area contributed by atoms with Crippen molar-refractivity contribution in [2.24, 2.45) is 0 Å². The van der Waals surface area contributed by atoms with Gasteiger partial charge in [0.15, 0.2) is 0 Å². The molecule has 7 heteroatoms. The number of halogens is 1. The third kappa shape index (κ3) is 2.62. The fourth-order valence-electron chi connectivity index (χ4n) is 1.00. The minimum absolute atomic E-state index is 0.00858. The molecular formula is C7H12ClN3O2S. The molecule has 0 unspecified atom stereocenters. The molecule has 1 heterocycles. The van der Waals surface area contributed by atoms with E-state index in [1.807, 2.05) is 0 Å². The number of aromatic nitrogens is 2. The fourth-order valence-corrected chi connectivity index (χ4v) is 1.64. The summed E-state index contributed by atoms with van der Waals surface area (Å²) < 4.78 is 23.2. The maximum Gasteiger partial charge on any atom is 0.149 e. The van der Waals surface area contributed by atoms with Crippen LogP contribution in [0.5, 0.6) is 0 Å². The van der Waals surface area contributed by atoms with Crippen molar-refractivity contribution < 1.29 is 8.42 Å². The zero-order valence-electron chi connectivity index (χ0n) is 7.99. The Morgan fingerprint density at radius 2 is 2.14 bits per heavy atom. The van der Waals surface area contributed by atoms with Gasteiger partial charge in [0.2, 0.25) is 0 Å². The first-order valence-corrected chi connectivity index (χ1v) is 6.41. The smallest absolute Gasteiger partial charge is 0.149 e. The van der Waals surface area contributed by atoms with Crippen molar-refractivity contribution >= 4 is 27.3 Å². The van der Waals surface area contributed by atoms with E-state index in [0.29, 0.717) is 16.5 Å². The van der Waals surface area contributed by atoms with Gasteiger partial charge in [0.05, 0.1) is 18.0 Å². The molecule has 0 spiro atoms. The van der Waals surface area contributed by atoms with E-state index in [1.165, 1.54) is 10.9 Å². The molecule has 1 rings (SSSR count). The van der Waals surface area contributed by atoms with Crippen molar-refractivity contribution in [1.82, 2.24) is 9.78 Å². The summed E-state index contributed by atoms with van der Waals surface area (Å²) in [5.41, 5.74) is 6.22. The number of sulfone groups is 1. The monoisotopic (exact) mass is 237 g/mol. The Hall–Kier alpha value is -0.750. The number of nitrogens with two attached hydrogens (primary N) is 1. The van der Waals surface area contributed by atoms with Gasteiger partial charge in [0.25, 0.3) is 0 Å². The SMILES string of the molecule is Cc1nn(CCS(C)(=O)=O)c(N)c1Cl. The largest absolute Gasteiger partial charge is 0.383 e. The van der Waals surface area contributed by atoms with Crippen LogP contribution >= 0.6 is 11.6 Å². The number of hydrogen-bond acceptors (Lipinski definition) is 4. The average Bonchev–Trinajstić information content (AvgIpc) is 2.28. The Morgan fingerprint density at radius 1 is 1.57 bits per heavy atom. The van der Waals surface area contributed by atoms with Crippen LogP contribution in [0.15, 0.2) is 0 Å². The molecule has 0 atom stereocenters. The van der Waals surface area contributed by atoms with E-state index >= 15 is 0 Å². The Morgan fingerprint density at radius 3 is 2.50 bits per heavy atom. The molecule has 0 saturated carbocycles. The van der Waals surface area contributed by atoms with Crippen LogP contribution in [0, 0.1) is 6.92 Å². The van der Waals surface area contributed by atoms with Gasteiger partial charge in [-0.25, -0.2) is 13.1 Å². The summed E-state index contributed by atoms with van der Waals surface area (Å²) in [6.45, 7) is 1.95. The van der Waals surface area contributed by atoms with Crippen molar-refractivity contribution in [2.45, 2.75) is 13.5 Å². The summed E-state index contributed by atoms with van der Waals surface area (Å²) in [7, 11) is -3.00.